The van der Waals surface area contributed by atoms with Crippen LogP contribution in [0.1, 0.15) is 11.7 Å². The summed E-state index contributed by atoms with van der Waals surface area (Å²) in [6.07, 6.45) is -0.923. The van der Waals surface area contributed by atoms with Crippen LogP contribution in [0, 0.1) is 0 Å². The lowest BCUT2D eigenvalue weighted by Gasteiger charge is -2.27. The van der Waals surface area contributed by atoms with Gasteiger partial charge in [0.15, 0.2) is 0 Å². The highest BCUT2D eigenvalue weighted by molar-refractivity contribution is 5.28. The Bertz CT molecular complexity index is 316. The summed E-state index contributed by atoms with van der Waals surface area (Å²) in [5.74, 6) is 0.775. The Morgan fingerprint density at radius 3 is 2.62 bits per heavy atom. The summed E-state index contributed by atoms with van der Waals surface area (Å²) >= 11 is 0. The molecule has 0 aliphatic carbocycles. The van der Waals surface area contributed by atoms with Crippen LogP contribution in [0.15, 0.2) is 24.3 Å². The fraction of sp³-hybridized carbons (Fsp3) is 0.500. The number of aliphatic hydroxyl groups is 1. The predicted molar refractivity (Wildman–Crippen MR) is 58.5 cm³/mol. The average Bonchev–Trinajstić information content (AvgIpc) is 2.39. The standard InChI is InChI=1S/C12H16O4/c1-14-10-4-2-9(3-5-10)12(13)11-8-15-6-7-16-11/h2-5,11-13H,6-8H2,1H3. The minimum atomic E-state index is -0.647. The molecule has 1 aromatic carbocycles. The molecule has 4 nitrogen and oxygen atoms in total. The molecule has 1 aromatic rings. The van der Waals surface area contributed by atoms with Gasteiger partial charge in [-0.3, -0.25) is 0 Å². The topological polar surface area (TPSA) is 47.9 Å². The normalized spacial score (nSPS) is 22.8. The Morgan fingerprint density at radius 2 is 2.06 bits per heavy atom. The third kappa shape index (κ3) is 2.52. The predicted octanol–water partition coefficient (Wildman–Crippen LogP) is 1.14. The SMILES string of the molecule is COc1ccc(C(O)C2COCCO2)cc1. The van der Waals surface area contributed by atoms with Crippen LogP contribution in [0.25, 0.3) is 0 Å². The molecule has 4 heteroatoms. The molecule has 1 saturated heterocycles. The lowest BCUT2D eigenvalue weighted by molar-refractivity contribution is -0.133. The maximum Gasteiger partial charge on any atom is 0.118 e. The first kappa shape index (κ1) is 11.4. The van der Waals surface area contributed by atoms with Crippen LogP contribution in [0.4, 0.5) is 0 Å². The molecular formula is C12H16O4. The summed E-state index contributed by atoms with van der Waals surface area (Å²) in [6, 6.07) is 7.31. The summed E-state index contributed by atoms with van der Waals surface area (Å²) in [5.41, 5.74) is 0.816. The van der Waals surface area contributed by atoms with E-state index in [0.717, 1.165) is 11.3 Å². The fourth-order valence-corrected chi connectivity index (χ4v) is 1.70. The summed E-state index contributed by atoms with van der Waals surface area (Å²) < 4.78 is 15.8. The Balaban J connectivity index is 2.04. The van der Waals surface area contributed by atoms with E-state index in [1.54, 1.807) is 7.11 Å². The van der Waals surface area contributed by atoms with Gasteiger partial charge in [0.1, 0.15) is 18.0 Å². The quantitative estimate of drug-likeness (QED) is 0.836. The zero-order chi connectivity index (χ0) is 11.4. The highest BCUT2D eigenvalue weighted by Crippen LogP contribution is 2.23. The van der Waals surface area contributed by atoms with E-state index in [-0.39, 0.29) is 6.10 Å². The van der Waals surface area contributed by atoms with Crippen molar-refractivity contribution in [3.05, 3.63) is 29.8 Å². The van der Waals surface area contributed by atoms with Gasteiger partial charge in [-0.25, -0.2) is 0 Å². The van der Waals surface area contributed by atoms with E-state index in [4.69, 9.17) is 14.2 Å². The van der Waals surface area contributed by atoms with Crippen molar-refractivity contribution >= 4 is 0 Å². The van der Waals surface area contributed by atoms with E-state index in [2.05, 4.69) is 0 Å². The van der Waals surface area contributed by atoms with E-state index >= 15 is 0 Å². The Morgan fingerprint density at radius 1 is 1.31 bits per heavy atom. The van der Waals surface area contributed by atoms with Crippen LogP contribution in [-0.4, -0.2) is 38.1 Å². The fourth-order valence-electron chi connectivity index (χ4n) is 1.70. The van der Waals surface area contributed by atoms with E-state index in [1.165, 1.54) is 0 Å². The maximum absolute atomic E-state index is 10.1. The number of methoxy groups -OCH3 is 1. The molecule has 1 N–H and O–H groups in total. The van der Waals surface area contributed by atoms with Gasteiger partial charge >= 0.3 is 0 Å². The van der Waals surface area contributed by atoms with Crippen molar-refractivity contribution in [3.63, 3.8) is 0 Å². The van der Waals surface area contributed by atoms with Gasteiger partial charge < -0.3 is 19.3 Å². The van der Waals surface area contributed by atoms with E-state index in [0.29, 0.717) is 19.8 Å². The molecule has 88 valence electrons. The number of aliphatic hydroxyl groups excluding tert-OH is 1. The van der Waals surface area contributed by atoms with Crippen molar-refractivity contribution in [1.82, 2.24) is 0 Å². The highest BCUT2D eigenvalue weighted by atomic mass is 16.6. The summed E-state index contributed by atoms with van der Waals surface area (Å²) in [7, 11) is 1.61. The Labute approximate surface area is 94.8 Å². The number of ether oxygens (including phenoxy) is 3. The molecule has 2 unspecified atom stereocenters. The molecule has 2 atom stereocenters. The van der Waals surface area contributed by atoms with Crippen LogP contribution in [0.3, 0.4) is 0 Å². The molecule has 0 aromatic heterocycles. The lowest BCUT2D eigenvalue weighted by atomic mass is 10.0. The number of hydrogen-bond acceptors (Lipinski definition) is 4. The summed E-state index contributed by atoms with van der Waals surface area (Å²) in [5, 5.41) is 10.1. The first-order chi connectivity index (χ1) is 7.81. The van der Waals surface area contributed by atoms with E-state index in [9.17, 15) is 5.11 Å². The highest BCUT2D eigenvalue weighted by Gasteiger charge is 2.24. The minimum Gasteiger partial charge on any atom is -0.497 e. The molecule has 0 amide bonds. The van der Waals surface area contributed by atoms with Crippen LogP contribution in [-0.2, 0) is 9.47 Å². The largest absolute Gasteiger partial charge is 0.497 e. The molecular weight excluding hydrogens is 208 g/mol. The van der Waals surface area contributed by atoms with E-state index < -0.39 is 6.10 Å². The second kappa shape index (κ2) is 5.30. The van der Waals surface area contributed by atoms with Gasteiger partial charge in [0.25, 0.3) is 0 Å². The number of benzene rings is 1. The maximum atomic E-state index is 10.1. The molecule has 1 heterocycles. The third-order valence-electron chi connectivity index (χ3n) is 2.65. The van der Waals surface area contributed by atoms with Gasteiger partial charge in [-0.1, -0.05) is 12.1 Å². The van der Waals surface area contributed by atoms with Gasteiger partial charge in [-0.15, -0.1) is 0 Å². The number of hydrogen-bond donors (Lipinski definition) is 1. The third-order valence-corrected chi connectivity index (χ3v) is 2.65. The van der Waals surface area contributed by atoms with Crippen molar-refractivity contribution in [2.45, 2.75) is 12.2 Å². The van der Waals surface area contributed by atoms with Gasteiger partial charge in [-0.05, 0) is 17.7 Å². The van der Waals surface area contributed by atoms with Gasteiger partial charge in [0.05, 0.1) is 26.9 Å². The second-order valence-electron chi connectivity index (χ2n) is 3.70. The zero-order valence-electron chi connectivity index (χ0n) is 9.26. The average molecular weight is 224 g/mol. The molecule has 1 aliphatic rings. The first-order valence-electron chi connectivity index (χ1n) is 5.32. The van der Waals surface area contributed by atoms with Crippen molar-refractivity contribution in [2.24, 2.45) is 0 Å². The summed E-state index contributed by atoms with van der Waals surface area (Å²) in [6.45, 7) is 1.58. The van der Waals surface area contributed by atoms with Gasteiger partial charge in [0, 0.05) is 0 Å². The Hall–Kier alpha value is -1.10. The lowest BCUT2D eigenvalue weighted by Crippen LogP contribution is -2.33. The van der Waals surface area contributed by atoms with Crippen LogP contribution >= 0.6 is 0 Å². The van der Waals surface area contributed by atoms with Gasteiger partial charge in [-0.2, -0.15) is 0 Å². The van der Waals surface area contributed by atoms with Crippen molar-refractivity contribution in [3.8, 4) is 5.75 Å². The second-order valence-corrected chi connectivity index (χ2v) is 3.70. The molecule has 16 heavy (non-hydrogen) atoms. The molecule has 0 spiro atoms. The molecule has 0 saturated carbocycles. The smallest absolute Gasteiger partial charge is 0.118 e. The van der Waals surface area contributed by atoms with Gasteiger partial charge in [0.2, 0.25) is 0 Å². The van der Waals surface area contributed by atoms with E-state index in [1.807, 2.05) is 24.3 Å². The minimum absolute atomic E-state index is 0.276. The van der Waals surface area contributed by atoms with Crippen molar-refractivity contribution in [1.29, 1.82) is 0 Å². The van der Waals surface area contributed by atoms with Crippen LogP contribution < -0.4 is 4.74 Å². The first-order valence-corrected chi connectivity index (χ1v) is 5.32. The van der Waals surface area contributed by atoms with Crippen molar-refractivity contribution in [2.75, 3.05) is 26.9 Å². The molecule has 1 fully saturated rings. The van der Waals surface area contributed by atoms with Crippen LogP contribution in [0.2, 0.25) is 0 Å². The molecule has 1 aliphatic heterocycles. The van der Waals surface area contributed by atoms with Crippen molar-refractivity contribution < 1.29 is 19.3 Å². The Kier molecular flexibility index (Phi) is 3.77. The molecule has 0 radical (unpaired) electrons. The van der Waals surface area contributed by atoms with Crippen LogP contribution in [0.5, 0.6) is 5.75 Å². The molecule has 2 rings (SSSR count). The number of rotatable bonds is 3. The summed E-state index contributed by atoms with van der Waals surface area (Å²) in [4.78, 5) is 0. The monoisotopic (exact) mass is 224 g/mol. The molecule has 0 bridgehead atoms. The zero-order valence-corrected chi connectivity index (χ0v) is 9.26.